The monoisotopic (exact) mass is 427 g/mol. The summed E-state index contributed by atoms with van der Waals surface area (Å²) >= 11 is 3.23. The van der Waals surface area contributed by atoms with Crippen molar-refractivity contribution in [2.24, 2.45) is 0 Å². The molecule has 6 heteroatoms. The Labute approximate surface area is 165 Å². The molecule has 0 saturated heterocycles. The molecular weight excluding hydrogens is 409 g/mol. The molecule has 1 N–H and O–H groups in total. The van der Waals surface area contributed by atoms with Gasteiger partial charge in [-0.2, -0.15) is 0 Å². The molecule has 4 nitrogen and oxygen atoms in total. The van der Waals surface area contributed by atoms with Crippen LogP contribution in [0.15, 0.2) is 71.3 Å². The number of aromatic nitrogens is 1. The Bertz CT molecular complexity index is 957. The topological polar surface area (TPSA) is 37.3 Å². The molecule has 2 aromatic carbocycles. The van der Waals surface area contributed by atoms with Gasteiger partial charge in [-0.1, -0.05) is 46.3 Å². The number of halogens is 2. The summed E-state index contributed by atoms with van der Waals surface area (Å²) in [5.74, 6) is -0.460. The summed E-state index contributed by atoms with van der Waals surface area (Å²) in [6.07, 6.45) is 2.75. The van der Waals surface area contributed by atoms with E-state index in [1.54, 1.807) is 17.0 Å². The number of amides is 2. The molecule has 2 heterocycles. The number of nitrogens with zero attached hydrogens (tertiary/aromatic N) is 2. The minimum atomic E-state index is -0.460. The molecule has 1 atom stereocenters. The Morgan fingerprint density at radius 3 is 2.70 bits per heavy atom. The third kappa shape index (κ3) is 3.76. The van der Waals surface area contributed by atoms with Gasteiger partial charge in [-0.3, -0.25) is 0 Å². The Morgan fingerprint density at radius 1 is 1.11 bits per heavy atom. The number of benzene rings is 2. The van der Waals surface area contributed by atoms with Crippen molar-refractivity contribution in [3.05, 3.63) is 88.4 Å². The number of hydrogen-bond acceptors (Lipinski definition) is 1. The lowest BCUT2D eigenvalue weighted by atomic mass is 10.0. The van der Waals surface area contributed by atoms with Gasteiger partial charge in [0.2, 0.25) is 0 Å². The Morgan fingerprint density at radius 2 is 1.93 bits per heavy atom. The van der Waals surface area contributed by atoms with E-state index < -0.39 is 5.82 Å². The van der Waals surface area contributed by atoms with Crippen LogP contribution in [0.5, 0.6) is 0 Å². The van der Waals surface area contributed by atoms with Crippen LogP contribution >= 0.6 is 15.9 Å². The van der Waals surface area contributed by atoms with Crippen LogP contribution in [0.4, 0.5) is 14.9 Å². The minimum Gasteiger partial charge on any atom is -0.348 e. The number of anilines is 1. The molecule has 0 spiro atoms. The van der Waals surface area contributed by atoms with Crippen LogP contribution in [0.2, 0.25) is 0 Å². The van der Waals surface area contributed by atoms with Gasteiger partial charge in [0.25, 0.3) is 0 Å². The average Bonchev–Trinajstić information content (AvgIpc) is 3.14. The SMILES string of the molecule is O=C(Nc1ccc(Br)cc1F)N1CCn2cccc2[C@H]1Cc1ccccc1. The molecule has 0 bridgehead atoms. The number of fused-ring (bicyclic) bond motifs is 1. The van der Waals surface area contributed by atoms with Crippen molar-refractivity contribution in [3.63, 3.8) is 0 Å². The van der Waals surface area contributed by atoms with Crippen LogP contribution in [-0.2, 0) is 13.0 Å². The van der Waals surface area contributed by atoms with Gasteiger partial charge >= 0.3 is 6.03 Å². The zero-order chi connectivity index (χ0) is 18.8. The fourth-order valence-electron chi connectivity index (χ4n) is 3.54. The molecule has 138 valence electrons. The molecular formula is C21H19BrFN3O. The van der Waals surface area contributed by atoms with E-state index in [4.69, 9.17) is 0 Å². The Kier molecular flexibility index (Phi) is 4.99. The van der Waals surface area contributed by atoms with Crippen molar-refractivity contribution >= 4 is 27.6 Å². The molecule has 3 aromatic rings. The van der Waals surface area contributed by atoms with Gasteiger partial charge < -0.3 is 14.8 Å². The molecule has 27 heavy (non-hydrogen) atoms. The summed E-state index contributed by atoms with van der Waals surface area (Å²) < 4.78 is 17.0. The van der Waals surface area contributed by atoms with E-state index in [1.807, 2.05) is 36.5 Å². The molecule has 1 aromatic heterocycles. The highest BCUT2D eigenvalue weighted by molar-refractivity contribution is 9.10. The van der Waals surface area contributed by atoms with Crippen LogP contribution in [0, 0.1) is 5.82 Å². The van der Waals surface area contributed by atoms with Gasteiger partial charge in [0.15, 0.2) is 0 Å². The molecule has 0 unspecified atom stereocenters. The largest absolute Gasteiger partial charge is 0.348 e. The third-order valence-corrected chi connectivity index (χ3v) is 5.36. The maximum atomic E-state index is 14.1. The number of urea groups is 1. The summed E-state index contributed by atoms with van der Waals surface area (Å²) in [4.78, 5) is 14.8. The molecule has 2 amide bonds. The van der Waals surface area contributed by atoms with E-state index >= 15 is 0 Å². The molecule has 1 aliphatic rings. The number of nitrogens with one attached hydrogen (secondary N) is 1. The third-order valence-electron chi connectivity index (χ3n) is 4.87. The standard InChI is InChI=1S/C21H19BrFN3O/c22-16-8-9-18(17(23)14-16)24-21(27)26-12-11-25-10-4-7-19(25)20(26)13-15-5-2-1-3-6-15/h1-10,14,20H,11-13H2,(H,24,27)/t20-/m1/s1. The molecule has 0 radical (unpaired) electrons. The molecule has 0 fully saturated rings. The van der Waals surface area contributed by atoms with Gasteiger partial charge in [0.05, 0.1) is 11.7 Å². The van der Waals surface area contributed by atoms with E-state index in [9.17, 15) is 9.18 Å². The van der Waals surface area contributed by atoms with Gasteiger partial charge in [0.1, 0.15) is 5.82 Å². The summed E-state index contributed by atoms with van der Waals surface area (Å²) in [5, 5.41) is 2.73. The second-order valence-electron chi connectivity index (χ2n) is 6.58. The molecule has 4 rings (SSSR count). The quantitative estimate of drug-likeness (QED) is 0.610. The minimum absolute atomic E-state index is 0.102. The lowest BCUT2D eigenvalue weighted by molar-refractivity contribution is 0.167. The predicted octanol–water partition coefficient (Wildman–Crippen LogP) is 5.22. The van der Waals surface area contributed by atoms with Crippen LogP contribution in [0.1, 0.15) is 17.3 Å². The normalized spacial score (nSPS) is 16.1. The number of carbonyl (C=O) groups excluding carboxylic acids is 1. The first-order valence-electron chi connectivity index (χ1n) is 8.83. The van der Waals surface area contributed by atoms with Gasteiger partial charge in [-0.15, -0.1) is 0 Å². The van der Waals surface area contributed by atoms with Gasteiger partial charge in [0, 0.05) is 29.5 Å². The van der Waals surface area contributed by atoms with Crippen LogP contribution < -0.4 is 5.32 Å². The fraction of sp³-hybridized carbons (Fsp3) is 0.190. The maximum absolute atomic E-state index is 14.1. The number of rotatable bonds is 3. The molecule has 0 saturated carbocycles. The Balaban J connectivity index is 1.60. The lowest BCUT2D eigenvalue weighted by Gasteiger charge is -2.37. The Hall–Kier alpha value is -2.60. The van der Waals surface area contributed by atoms with Crippen molar-refractivity contribution in [1.82, 2.24) is 9.47 Å². The smallest absolute Gasteiger partial charge is 0.322 e. The van der Waals surface area contributed by atoms with Crippen molar-refractivity contribution in [2.75, 3.05) is 11.9 Å². The van der Waals surface area contributed by atoms with Crippen LogP contribution in [0.25, 0.3) is 0 Å². The van der Waals surface area contributed by atoms with E-state index in [0.29, 0.717) is 17.4 Å². The highest BCUT2D eigenvalue weighted by Crippen LogP contribution is 2.30. The number of carbonyl (C=O) groups is 1. The second kappa shape index (κ2) is 7.56. The van der Waals surface area contributed by atoms with E-state index in [1.165, 1.54) is 6.07 Å². The van der Waals surface area contributed by atoms with E-state index in [-0.39, 0.29) is 17.8 Å². The molecule has 0 aliphatic carbocycles. The summed E-state index contributed by atoms with van der Waals surface area (Å²) in [6, 6.07) is 18.4. The summed E-state index contributed by atoms with van der Waals surface area (Å²) in [5.41, 5.74) is 2.43. The summed E-state index contributed by atoms with van der Waals surface area (Å²) in [7, 11) is 0. The van der Waals surface area contributed by atoms with E-state index in [2.05, 4.69) is 37.9 Å². The van der Waals surface area contributed by atoms with Gasteiger partial charge in [-0.05, 0) is 42.3 Å². The first kappa shape index (κ1) is 17.8. The van der Waals surface area contributed by atoms with Crippen molar-refractivity contribution in [1.29, 1.82) is 0 Å². The highest BCUT2D eigenvalue weighted by Gasteiger charge is 2.31. The average molecular weight is 428 g/mol. The first-order chi connectivity index (χ1) is 13.1. The first-order valence-corrected chi connectivity index (χ1v) is 9.63. The van der Waals surface area contributed by atoms with Crippen molar-refractivity contribution in [3.8, 4) is 0 Å². The van der Waals surface area contributed by atoms with Crippen molar-refractivity contribution in [2.45, 2.75) is 19.0 Å². The van der Waals surface area contributed by atoms with Crippen molar-refractivity contribution < 1.29 is 9.18 Å². The van der Waals surface area contributed by atoms with Gasteiger partial charge in [-0.25, -0.2) is 9.18 Å². The zero-order valence-corrected chi connectivity index (χ0v) is 16.2. The second-order valence-corrected chi connectivity index (χ2v) is 7.50. The lowest BCUT2D eigenvalue weighted by Crippen LogP contribution is -2.45. The fourth-order valence-corrected chi connectivity index (χ4v) is 3.87. The van der Waals surface area contributed by atoms with E-state index in [0.717, 1.165) is 17.8 Å². The zero-order valence-electron chi connectivity index (χ0n) is 14.6. The maximum Gasteiger partial charge on any atom is 0.322 e. The van der Waals surface area contributed by atoms with Crippen LogP contribution in [-0.4, -0.2) is 22.0 Å². The molecule has 1 aliphatic heterocycles. The summed E-state index contributed by atoms with van der Waals surface area (Å²) in [6.45, 7) is 1.30. The number of hydrogen-bond donors (Lipinski definition) is 1. The van der Waals surface area contributed by atoms with Crippen LogP contribution in [0.3, 0.4) is 0 Å². The highest BCUT2D eigenvalue weighted by atomic mass is 79.9. The predicted molar refractivity (Wildman–Crippen MR) is 107 cm³/mol.